The minimum Gasteiger partial charge on any atom is -0.464 e. The fourth-order valence-corrected chi connectivity index (χ4v) is 2.94. The van der Waals surface area contributed by atoms with Crippen LogP contribution in [-0.2, 0) is 32.0 Å². The van der Waals surface area contributed by atoms with Gasteiger partial charge in [0.15, 0.2) is 17.1 Å². The van der Waals surface area contributed by atoms with Gasteiger partial charge in [0.05, 0.1) is 63.8 Å². The number of ether oxygens (including phenoxy) is 4. The van der Waals surface area contributed by atoms with E-state index in [9.17, 15) is 14.4 Å². The van der Waals surface area contributed by atoms with Gasteiger partial charge in [0.25, 0.3) is 0 Å². The number of hydrogen-bond acceptors (Lipinski definition) is 13. The molecule has 0 unspecified atom stereocenters. The summed E-state index contributed by atoms with van der Waals surface area (Å²) >= 11 is 5.43. The van der Waals surface area contributed by atoms with Gasteiger partial charge in [-0.25, -0.2) is 24.4 Å². The Morgan fingerprint density at radius 2 is 1.37 bits per heavy atom. The van der Waals surface area contributed by atoms with Crippen LogP contribution < -0.4 is 0 Å². The first-order chi connectivity index (χ1) is 19.5. The van der Waals surface area contributed by atoms with Gasteiger partial charge in [0.2, 0.25) is 0 Å². The Kier molecular flexibility index (Phi) is 15.7. The summed E-state index contributed by atoms with van der Waals surface area (Å²) in [5, 5.41) is 16.6. The molecular formula is C25H37ClN8O7. The van der Waals surface area contributed by atoms with Crippen molar-refractivity contribution in [3.63, 3.8) is 0 Å². The second-order valence-electron chi connectivity index (χ2n) is 8.46. The molecule has 3 aromatic heterocycles. The molecule has 41 heavy (non-hydrogen) atoms. The molecule has 0 N–H and O–H groups in total. The smallest absolute Gasteiger partial charge is 0.360 e. The molecule has 16 heteroatoms. The van der Waals surface area contributed by atoms with E-state index in [1.165, 1.54) is 24.3 Å². The molecule has 0 bridgehead atoms. The Hall–Kier alpha value is -3.98. The highest BCUT2D eigenvalue weighted by Crippen LogP contribution is 2.06. The lowest BCUT2D eigenvalue weighted by molar-refractivity contribution is 0.0507. The monoisotopic (exact) mass is 596 g/mol. The summed E-state index contributed by atoms with van der Waals surface area (Å²) in [6.45, 7) is 13.6. The van der Waals surface area contributed by atoms with Gasteiger partial charge < -0.3 is 18.9 Å². The largest absolute Gasteiger partial charge is 0.464 e. The average molecular weight is 597 g/mol. The van der Waals surface area contributed by atoms with Crippen molar-refractivity contribution < 1.29 is 33.3 Å². The molecule has 0 amide bonds. The van der Waals surface area contributed by atoms with Crippen LogP contribution in [0.25, 0.3) is 0 Å². The van der Waals surface area contributed by atoms with Crippen molar-refractivity contribution in [1.29, 1.82) is 0 Å². The number of methoxy groups -OCH3 is 2. The number of halogens is 1. The minimum atomic E-state index is -0.519. The van der Waals surface area contributed by atoms with Crippen LogP contribution in [0.1, 0.15) is 70.5 Å². The molecule has 0 aliphatic heterocycles. The average Bonchev–Trinajstić information content (AvgIpc) is 3.49. The number of carbonyl (C=O) groups is 3. The van der Waals surface area contributed by atoms with Crippen LogP contribution >= 0.6 is 11.6 Å². The number of aryl methyl sites for hydroxylation is 2. The predicted octanol–water partition coefficient (Wildman–Crippen LogP) is 2.75. The summed E-state index contributed by atoms with van der Waals surface area (Å²) in [6.07, 6.45) is 2.54. The molecule has 0 aliphatic rings. The predicted molar refractivity (Wildman–Crippen MR) is 147 cm³/mol. The maximum atomic E-state index is 11.4. The van der Waals surface area contributed by atoms with E-state index >= 15 is 0 Å². The number of rotatable bonds is 10. The zero-order valence-corrected chi connectivity index (χ0v) is 25.3. The second kappa shape index (κ2) is 18.4. The topological polar surface area (TPSA) is 175 Å². The third kappa shape index (κ3) is 12.4. The van der Waals surface area contributed by atoms with Gasteiger partial charge in [0, 0.05) is 7.11 Å². The number of aromatic nitrogens is 8. The Bertz CT molecular complexity index is 1250. The molecule has 0 aromatic carbocycles. The second-order valence-corrected chi connectivity index (χ2v) is 8.85. The van der Waals surface area contributed by atoms with E-state index in [4.69, 9.17) is 25.8 Å². The minimum absolute atomic E-state index is 0.150. The molecule has 0 fully saturated rings. The van der Waals surface area contributed by atoms with Crippen molar-refractivity contribution in [3.05, 3.63) is 46.0 Å². The third-order valence-electron chi connectivity index (χ3n) is 4.62. The first-order valence-electron chi connectivity index (χ1n) is 12.7. The van der Waals surface area contributed by atoms with Crippen LogP contribution in [0.4, 0.5) is 0 Å². The highest BCUT2D eigenvalue weighted by atomic mass is 35.5. The lowest BCUT2D eigenvalue weighted by Crippen LogP contribution is -2.10. The zero-order chi connectivity index (χ0) is 30.9. The number of hydrogen-bond donors (Lipinski definition) is 0. The first kappa shape index (κ1) is 35.0. The Morgan fingerprint density at radius 3 is 1.80 bits per heavy atom. The lowest BCUT2D eigenvalue weighted by Gasteiger charge is -2.01. The van der Waals surface area contributed by atoms with Crippen LogP contribution in [0.3, 0.4) is 0 Å². The molecule has 0 saturated heterocycles. The molecular weight excluding hydrogens is 560 g/mol. The summed E-state index contributed by atoms with van der Waals surface area (Å²) in [6, 6.07) is 0. The van der Waals surface area contributed by atoms with Gasteiger partial charge in [-0.3, -0.25) is 0 Å². The third-order valence-corrected chi connectivity index (χ3v) is 4.82. The molecule has 3 heterocycles. The molecule has 0 saturated carbocycles. The van der Waals surface area contributed by atoms with Crippen LogP contribution in [0.2, 0.25) is 5.15 Å². The normalized spacial score (nSPS) is 10.2. The molecule has 226 valence electrons. The number of esters is 3. The summed E-state index contributed by atoms with van der Waals surface area (Å²) in [7, 11) is 2.88. The highest BCUT2D eigenvalue weighted by molar-refractivity contribution is 6.29. The van der Waals surface area contributed by atoms with Crippen molar-refractivity contribution in [2.24, 2.45) is 5.92 Å². The van der Waals surface area contributed by atoms with Crippen molar-refractivity contribution in [2.45, 2.75) is 54.6 Å². The molecule has 0 radical (unpaired) electrons. The Morgan fingerprint density at radius 1 is 0.829 bits per heavy atom. The van der Waals surface area contributed by atoms with E-state index in [1.54, 1.807) is 39.6 Å². The molecule has 3 aromatic rings. The van der Waals surface area contributed by atoms with E-state index in [1.807, 2.05) is 0 Å². The van der Waals surface area contributed by atoms with Gasteiger partial charge in [0.1, 0.15) is 5.15 Å². The molecule has 15 nitrogen and oxygen atoms in total. The van der Waals surface area contributed by atoms with Crippen LogP contribution in [0.5, 0.6) is 0 Å². The van der Waals surface area contributed by atoms with Crippen molar-refractivity contribution in [3.8, 4) is 0 Å². The van der Waals surface area contributed by atoms with Crippen molar-refractivity contribution in [1.82, 2.24) is 40.0 Å². The van der Waals surface area contributed by atoms with Crippen molar-refractivity contribution in [2.75, 3.05) is 34.0 Å². The zero-order valence-electron chi connectivity index (χ0n) is 24.6. The quantitative estimate of drug-likeness (QED) is 0.247. The van der Waals surface area contributed by atoms with E-state index in [0.29, 0.717) is 55.9 Å². The van der Waals surface area contributed by atoms with Crippen LogP contribution in [0, 0.1) is 19.8 Å². The van der Waals surface area contributed by atoms with Crippen molar-refractivity contribution >= 4 is 29.5 Å². The van der Waals surface area contributed by atoms with Gasteiger partial charge in [-0.2, -0.15) is 19.8 Å². The summed E-state index contributed by atoms with van der Waals surface area (Å²) < 4.78 is 19.0. The molecule has 3 rings (SSSR count). The van der Waals surface area contributed by atoms with Crippen LogP contribution in [-0.4, -0.2) is 91.9 Å². The number of carbonyl (C=O) groups excluding carboxylic acids is 3. The Labute approximate surface area is 243 Å². The van der Waals surface area contributed by atoms with E-state index < -0.39 is 17.9 Å². The van der Waals surface area contributed by atoms with Gasteiger partial charge in [-0.05, 0) is 33.6 Å². The van der Waals surface area contributed by atoms with Gasteiger partial charge in [-0.15, -0.1) is 10.2 Å². The maximum Gasteiger partial charge on any atom is 0.360 e. The standard InChI is InChI=1S/C10H17N3O2.C9H15N3O3.C6H5ClN2O2/c1-5-15-10(14)9-8(4)11-13(12-9)6-7(2)3;1-4-15-9(13)8-7(2)10-12(11-8)5-6-14-3;1-11-6(10)4-2-9-5(7)3-8-4/h7H,5-6H2,1-4H3;4-6H2,1-3H3;2-3H,1H3. The SMILES string of the molecule is CCOC(=O)c1nn(CC(C)C)nc1C.CCOC(=O)c1nn(CCOC)nc1C.COC(=O)c1cnc(Cl)cn1. The first-order valence-corrected chi connectivity index (χ1v) is 13.1. The summed E-state index contributed by atoms with van der Waals surface area (Å²) in [4.78, 5) is 43.9. The number of nitrogens with zero attached hydrogens (tertiary/aromatic N) is 8. The fraction of sp³-hybridized carbons (Fsp3) is 0.560. The van der Waals surface area contributed by atoms with Gasteiger partial charge >= 0.3 is 17.9 Å². The molecule has 0 atom stereocenters. The van der Waals surface area contributed by atoms with Crippen LogP contribution in [0.15, 0.2) is 12.4 Å². The summed E-state index contributed by atoms with van der Waals surface area (Å²) in [5.41, 5.74) is 1.93. The highest BCUT2D eigenvalue weighted by Gasteiger charge is 2.17. The van der Waals surface area contributed by atoms with E-state index in [0.717, 1.165) is 0 Å². The lowest BCUT2D eigenvalue weighted by atomic mass is 10.2. The molecule has 0 spiro atoms. The van der Waals surface area contributed by atoms with Gasteiger partial charge in [-0.1, -0.05) is 25.4 Å². The fourth-order valence-electron chi connectivity index (χ4n) is 2.84. The molecule has 0 aliphatic carbocycles. The Balaban J connectivity index is 0.000000312. The van der Waals surface area contributed by atoms with E-state index in [2.05, 4.69) is 48.9 Å². The summed E-state index contributed by atoms with van der Waals surface area (Å²) in [5.74, 6) is -0.898. The van der Waals surface area contributed by atoms with E-state index in [-0.39, 0.29) is 16.5 Å². The maximum absolute atomic E-state index is 11.4.